The van der Waals surface area contributed by atoms with Gasteiger partial charge in [0.2, 0.25) is 0 Å². The fourth-order valence-corrected chi connectivity index (χ4v) is 2.32. The van der Waals surface area contributed by atoms with Crippen LogP contribution in [-0.2, 0) is 4.74 Å². The van der Waals surface area contributed by atoms with Gasteiger partial charge in [-0.25, -0.2) is 0 Å². The Balaban J connectivity index is 2.37. The first kappa shape index (κ1) is 13.4. The third-order valence-corrected chi connectivity index (χ3v) is 3.60. The molecule has 0 heterocycles. The van der Waals surface area contributed by atoms with E-state index in [0.717, 1.165) is 39.0 Å². The Morgan fingerprint density at radius 3 is 2.88 bits per heavy atom. The molecule has 0 saturated heterocycles. The summed E-state index contributed by atoms with van der Waals surface area (Å²) in [5.41, 5.74) is -0.301. The topological polar surface area (TPSA) is 48.3 Å². The van der Waals surface area contributed by atoms with E-state index in [9.17, 15) is 5.26 Å². The highest BCUT2D eigenvalue weighted by atomic mass is 16.5. The smallest absolute Gasteiger partial charge is 0.108 e. The maximum absolute atomic E-state index is 9.17. The zero-order chi connectivity index (χ0) is 12.0. The Bertz CT molecular complexity index is 251. The van der Waals surface area contributed by atoms with Crippen molar-refractivity contribution < 1.29 is 4.74 Å². The molecule has 0 aromatic carbocycles. The van der Waals surface area contributed by atoms with Crippen LogP contribution >= 0.6 is 0 Å². The molecule has 16 heavy (non-hydrogen) atoms. The predicted molar refractivity (Wildman–Crippen MR) is 64.2 cm³/mol. The number of rotatable bonds is 6. The molecule has 1 aliphatic carbocycles. The second-order valence-corrected chi connectivity index (χ2v) is 4.52. The van der Waals surface area contributed by atoms with Crippen LogP contribution in [0.25, 0.3) is 0 Å². The minimum atomic E-state index is -0.301. The first-order valence-corrected chi connectivity index (χ1v) is 6.05. The van der Waals surface area contributed by atoms with Crippen molar-refractivity contribution in [2.75, 3.05) is 33.9 Å². The Morgan fingerprint density at radius 2 is 2.38 bits per heavy atom. The van der Waals surface area contributed by atoms with Gasteiger partial charge in [-0.1, -0.05) is 0 Å². The van der Waals surface area contributed by atoms with E-state index in [-0.39, 0.29) is 5.54 Å². The molecule has 0 aromatic heterocycles. The van der Waals surface area contributed by atoms with Gasteiger partial charge < -0.3 is 15.0 Å². The maximum Gasteiger partial charge on any atom is 0.108 e. The van der Waals surface area contributed by atoms with Crippen LogP contribution in [0.4, 0.5) is 0 Å². The summed E-state index contributed by atoms with van der Waals surface area (Å²) in [4.78, 5) is 2.31. The molecule has 1 aliphatic rings. The van der Waals surface area contributed by atoms with Crippen molar-refractivity contribution in [1.29, 1.82) is 5.26 Å². The van der Waals surface area contributed by atoms with E-state index in [2.05, 4.69) is 23.3 Å². The Morgan fingerprint density at radius 1 is 1.62 bits per heavy atom. The van der Waals surface area contributed by atoms with Gasteiger partial charge in [0.15, 0.2) is 0 Å². The Kier molecular flexibility index (Phi) is 5.20. The number of nitriles is 1. The summed E-state index contributed by atoms with van der Waals surface area (Å²) < 4.78 is 5.35. The van der Waals surface area contributed by atoms with Crippen LogP contribution in [0.2, 0.25) is 0 Å². The van der Waals surface area contributed by atoms with Crippen LogP contribution < -0.4 is 5.32 Å². The highest BCUT2D eigenvalue weighted by molar-refractivity contribution is 5.12. The number of nitrogens with one attached hydrogen (secondary N) is 1. The monoisotopic (exact) mass is 225 g/mol. The normalized spacial score (nSPS) is 29.6. The molecular formula is C12H23N3O. The Labute approximate surface area is 98.6 Å². The van der Waals surface area contributed by atoms with E-state index >= 15 is 0 Å². The third kappa shape index (κ3) is 3.18. The summed E-state index contributed by atoms with van der Waals surface area (Å²) in [7, 11) is 4.00. The lowest BCUT2D eigenvalue weighted by Gasteiger charge is -2.26. The van der Waals surface area contributed by atoms with Gasteiger partial charge >= 0.3 is 0 Å². The number of ether oxygens (including phenoxy) is 1. The summed E-state index contributed by atoms with van der Waals surface area (Å²) >= 11 is 0. The number of likely N-dealkylation sites (N-methyl/N-ethyl adjacent to an activating group) is 1. The Hall–Kier alpha value is -0.630. The molecule has 0 radical (unpaired) electrons. The number of nitrogens with zero attached hydrogens (tertiary/aromatic N) is 2. The van der Waals surface area contributed by atoms with Crippen LogP contribution in [-0.4, -0.2) is 50.3 Å². The molecule has 0 aliphatic heterocycles. The van der Waals surface area contributed by atoms with Gasteiger partial charge in [-0.05, 0) is 40.3 Å². The van der Waals surface area contributed by atoms with E-state index < -0.39 is 0 Å². The zero-order valence-electron chi connectivity index (χ0n) is 10.6. The van der Waals surface area contributed by atoms with Crippen molar-refractivity contribution in [1.82, 2.24) is 10.2 Å². The molecule has 1 N–H and O–H groups in total. The van der Waals surface area contributed by atoms with E-state index in [1.807, 2.05) is 14.0 Å². The molecule has 1 saturated carbocycles. The van der Waals surface area contributed by atoms with Gasteiger partial charge in [0, 0.05) is 19.2 Å². The minimum absolute atomic E-state index is 0.301. The number of hydrogen-bond donors (Lipinski definition) is 1. The lowest BCUT2D eigenvalue weighted by atomic mass is 10.00. The fourth-order valence-electron chi connectivity index (χ4n) is 2.32. The van der Waals surface area contributed by atoms with Gasteiger partial charge in [0.05, 0.1) is 12.7 Å². The standard InChI is InChI=1S/C12H23N3O/c1-4-16-8-7-15(3)11-5-6-12(9-11,10-13)14-2/h11,14H,4-9H2,1-3H3. The SMILES string of the molecule is CCOCCN(C)C1CCC(C#N)(NC)C1. The van der Waals surface area contributed by atoms with Crippen molar-refractivity contribution in [3.05, 3.63) is 0 Å². The molecule has 2 atom stereocenters. The third-order valence-electron chi connectivity index (χ3n) is 3.60. The van der Waals surface area contributed by atoms with Crippen LogP contribution in [0.1, 0.15) is 26.2 Å². The lowest BCUT2D eigenvalue weighted by Crippen LogP contribution is -2.41. The first-order valence-electron chi connectivity index (χ1n) is 6.05. The molecule has 1 fully saturated rings. The quantitative estimate of drug-likeness (QED) is 0.685. The molecule has 92 valence electrons. The van der Waals surface area contributed by atoms with Gasteiger partial charge in [-0.3, -0.25) is 0 Å². The van der Waals surface area contributed by atoms with Gasteiger partial charge in [0.1, 0.15) is 5.54 Å². The molecule has 0 bridgehead atoms. The highest BCUT2D eigenvalue weighted by Crippen LogP contribution is 2.31. The van der Waals surface area contributed by atoms with E-state index in [0.29, 0.717) is 6.04 Å². The summed E-state index contributed by atoms with van der Waals surface area (Å²) in [6.07, 6.45) is 2.96. The number of hydrogen-bond acceptors (Lipinski definition) is 4. The van der Waals surface area contributed by atoms with Crippen LogP contribution in [0.15, 0.2) is 0 Å². The molecule has 4 heteroatoms. The maximum atomic E-state index is 9.17. The lowest BCUT2D eigenvalue weighted by molar-refractivity contribution is 0.107. The van der Waals surface area contributed by atoms with Crippen molar-refractivity contribution in [2.45, 2.75) is 37.8 Å². The summed E-state index contributed by atoms with van der Waals surface area (Å²) in [6.45, 7) is 4.51. The largest absolute Gasteiger partial charge is 0.380 e. The molecular weight excluding hydrogens is 202 g/mol. The van der Waals surface area contributed by atoms with Gasteiger partial charge in [-0.15, -0.1) is 0 Å². The van der Waals surface area contributed by atoms with Gasteiger partial charge in [-0.2, -0.15) is 5.26 Å². The average molecular weight is 225 g/mol. The van der Waals surface area contributed by atoms with E-state index in [4.69, 9.17) is 4.74 Å². The molecule has 1 rings (SSSR count). The van der Waals surface area contributed by atoms with Gasteiger partial charge in [0.25, 0.3) is 0 Å². The predicted octanol–water partition coefficient (Wildman–Crippen LogP) is 0.989. The van der Waals surface area contributed by atoms with Crippen molar-refractivity contribution >= 4 is 0 Å². The molecule has 2 unspecified atom stereocenters. The highest BCUT2D eigenvalue weighted by Gasteiger charge is 2.39. The summed E-state index contributed by atoms with van der Waals surface area (Å²) in [5, 5.41) is 12.3. The van der Waals surface area contributed by atoms with E-state index in [1.165, 1.54) is 0 Å². The first-order chi connectivity index (χ1) is 7.67. The summed E-state index contributed by atoms with van der Waals surface area (Å²) in [6, 6.07) is 2.92. The second-order valence-electron chi connectivity index (χ2n) is 4.52. The minimum Gasteiger partial charge on any atom is -0.380 e. The summed E-state index contributed by atoms with van der Waals surface area (Å²) in [5.74, 6) is 0. The van der Waals surface area contributed by atoms with Crippen LogP contribution in [0.5, 0.6) is 0 Å². The van der Waals surface area contributed by atoms with Crippen LogP contribution in [0.3, 0.4) is 0 Å². The average Bonchev–Trinajstić information content (AvgIpc) is 2.74. The fraction of sp³-hybridized carbons (Fsp3) is 0.917. The molecule has 0 aromatic rings. The zero-order valence-corrected chi connectivity index (χ0v) is 10.6. The van der Waals surface area contributed by atoms with E-state index in [1.54, 1.807) is 0 Å². The second kappa shape index (κ2) is 6.19. The molecule has 4 nitrogen and oxygen atoms in total. The molecule has 0 amide bonds. The van der Waals surface area contributed by atoms with Crippen LogP contribution in [0, 0.1) is 11.3 Å². The van der Waals surface area contributed by atoms with Crippen molar-refractivity contribution in [2.24, 2.45) is 0 Å². The molecule has 0 spiro atoms. The van der Waals surface area contributed by atoms with Crippen molar-refractivity contribution in [3.8, 4) is 6.07 Å². The van der Waals surface area contributed by atoms with Crippen molar-refractivity contribution in [3.63, 3.8) is 0 Å².